The molecule has 0 rings (SSSR count). The van der Waals surface area contributed by atoms with E-state index in [4.69, 9.17) is 0 Å². The summed E-state index contributed by atoms with van der Waals surface area (Å²) in [6.45, 7) is 8.00. The van der Waals surface area contributed by atoms with Gasteiger partial charge in [0, 0.05) is 21.1 Å². The van der Waals surface area contributed by atoms with E-state index in [2.05, 4.69) is 20.8 Å². The summed E-state index contributed by atoms with van der Waals surface area (Å²) in [6.07, 6.45) is 1.19. The third kappa shape index (κ3) is 8.82. The standard InChI is InChI=1S/C5H11.Pt/c1-4-5(2)3;/h5H,2,4H2,1,3H3;. The SMILES string of the molecule is [CH2]C(C)CC.[Pt]. The van der Waals surface area contributed by atoms with Gasteiger partial charge in [0.25, 0.3) is 0 Å². The van der Waals surface area contributed by atoms with E-state index in [1.165, 1.54) is 6.42 Å². The molecule has 0 amide bonds. The molecule has 0 aromatic carbocycles. The zero-order valence-corrected chi connectivity index (χ0v) is 6.58. The maximum Gasteiger partial charge on any atom is 0 e. The molecule has 0 heterocycles. The second kappa shape index (κ2) is 5.69. The smallest absolute Gasteiger partial charge is 0 e. The summed E-state index contributed by atoms with van der Waals surface area (Å²) >= 11 is 0. The zero-order chi connectivity index (χ0) is 4.28. The Hall–Kier alpha value is 0.688. The third-order valence-corrected chi connectivity index (χ3v) is 0.697. The molecule has 0 fully saturated rings. The fourth-order valence-electron chi connectivity index (χ4n) is 0. The van der Waals surface area contributed by atoms with Gasteiger partial charge in [0.15, 0.2) is 0 Å². The Morgan fingerprint density at radius 1 is 1.67 bits per heavy atom. The summed E-state index contributed by atoms with van der Waals surface area (Å²) in [6, 6.07) is 0. The van der Waals surface area contributed by atoms with Crippen LogP contribution in [0, 0.1) is 12.8 Å². The van der Waals surface area contributed by atoms with Crippen molar-refractivity contribution >= 4 is 0 Å². The molecular formula is C5H11Pt. The van der Waals surface area contributed by atoms with Crippen LogP contribution < -0.4 is 0 Å². The van der Waals surface area contributed by atoms with E-state index in [1.807, 2.05) is 0 Å². The fourth-order valence-corrected chi connectivity index (χ4v) is 0. The van der Waals surface area contributed by atoms with Crippen molar-refractivity contribution in [3.63, 3.8) is 0 Å². The van der Waals surface area contributed by atoms with E-state index in [0.29, 0.717) is 5.92 Å². The Morgan fingerprint density at radius 2 is 1.83 bits per heavy atom. The summed E-state index contributed by atoms with van der Waals surface area (Å²) in [4.78, 5) is 0. The van der Waals surface area contributed by atoms with Crippen LogP contribution in [0.3, 0.4) is 0 Å². The summed E-state index contributed by atoms with van der Waals surface area (Å²) in [7, 11) is 0. The third-order valence-electron chi connectivity index (χ3n) is 0.697. The monoisotopic (exact) mass is 266 g/mol. The van der Waals surface area contributed by atoms with Crippen LogP contribution in [0.4, 0.5) is 0 Å². The van der Waals surface area contributed by atoms with Crippen molar-refractivity contribution in [3.8, 4) is 0 Å². The number of hydrogen-bond donors (Lipinski definition) is 0. The molecule has 0 aliphatic rings. The average molecular weight is 266 g/mol. The minimum Gasteiger partial charge on any atom is -0.0651 e. The maximum absolute atomic E-state index is 3.76. The van der Waals surface area contributed by atoms with Gasteiger partial charge in [-0.05, 0) is 5.92 Å². The van der Waals surface area contributed by atoms with Crippen molar-refractivity contribution in [2.45, 2.75) is 20.3 Å². The minimum absolute atomic E-state index is 0. The van der Waals surface area contributed by atoms with Gasteiger partial charge in [0.2, 0.25) is 0 Å². The minimum atomic E-state index is 0. The van der Waals surface area contributed by atoms with E-state index in [0.717, 1.165) is 0 Å². The molecular weight excluding hydrogens is 255 g/mol. The molecule has 0 saturated heterocycles. The fraction of sp³-hybridized carbons (Fsp3) is 0.800. The van der Waals surface area contributed by atoms with Crippen LogP contribution in [-0.4, -0.2) is 0 Å². The molecule has 1 heteroatoms. The topological polar surface area (TPSA) is 0 Å². The van der Waals surface area contributed by atoms with Crippen LogP contribution in [0.2, 0.25) is 0 Å². The Kier molecular flexibility index (Phi) is 9.33. The van der Waals surface area contributed by atoms with Crippen molar-refractivity contribution in [2.24, 2.45) is 5.92 Å². The molecule has 0 aliphatic carbocycles. The largest absolute Gasteiger partial charge is 0.0651 e. The van der Waals surface area contributed by atoms with E-state index in [9.17, 15) is 0 Å². The molecule has 0 aromatic rings. The molecule has 0 spiro atoms. The first-order chi connectivity index (χ1) is 2.27. The van der Waals surface area contributed by atoms with Gasteiger partial charge < -0.3 is 0 Å². The predicted molar refractivity (Wildman–Crippen MR) is 24.8 cm³/mol. The Bertz CT molecular complexity index is 17.9. The first-order valence-electron chi connectivity index (χ1n) is 2.10. The van der Waals surface area contributed by atoms with Crippen LogP contribution in [0.5, 0.6) is 0 Å². The quantitative estimate of drug-likeness (QED) is 0.679. The molecule has 0 aromatic heterocycles. The molecule has 0 aliphatic heterocycles. The van der Waals surface area contributed by atoms with Crippen molar-refractivity contribution in [1.82, 2.24) is 0 Å². The van der Waals surface area contributed by atoms with E-state index >= 15 is 0 Å². The molecule has 0 N–H and O–H groups in total. The van der Waals surface area contributed by atoms with Crippen molar-refractivity contribution in [1.29, 1.82) is 0 Å². The van der Waals surface area contributed by atoms with Crippen molar-refractivity contribution in [3.05, 3.63) is 6.92 Å². The molecule has 1 unspecified atom stereocenters. The summed E-state index contributed by atoms with van der Waals surface area (Å²) in [5.74, 6) is 0.634. The molecule has 0 nitrogen and oxygen atoms in total. The molecule has 0 saturated carbocycles. The van der Waals surface area contributed by atoms with Crippen molar-refractivity contribution in [2.75, 3.05) is 0 Å². The van der Waals surface area contributed by atoms with Crippen molar-refractivity contribution < 1.29 is 21.1 Å². The Morgan fingerprint density at radius 3 is 1.83 bits per heavy atom. The number of rotatable bonds is 1. The van der Waals surface area contributed by atoms with Crippen LogP contribution in [0.15, 0.2) is 0 Å². The first-order valence-corrected chi connectivity index (χ1v) is 2.10. The average Bonchev–Trinajstić information content (AvgIpc) is 1.38. The second-order valence-electron chi connectivity index (χ2n) is 1.51. The molecule has 1 atom stereocenters. The van der Waals surface area contributed by atoms with Gasteiger partial charge in [-0.2, -0.15) is 0 Å². The zero-order valence-electron chi connectivity index (χ0n) is 4.31. The molecule has 41 valence electrons. The summed E-state index contributed by atoms with van der Waals surface area (Å²) in [5.41, 5.74) is 0. The normalized spacial score (nSPS) is 8.00. The van der Waals surface area contributed by atoms with Crippen LogP contribution in [0.25, 0.3) is 0 Å². The second-order valence-corrected chi connectivity index (χ2v) is 1.51. The maximum atomic E-state index is 3.76. The van der Waals surface area contributed by atoms with Crippen LogP contribution in [-0.2, 0) is 21.1 Å². The van der Waals surface area contributed by atoms with Gasteiger partial charge in [0.05, 0.1) is 0 Å². The van der Waals surface area contributed by atoms with Crippen LogP contribution >= 0.6 is 0 Å². The molecule has 6 heavy (non-hydrogen) atoms. The summed E-state index contributed by atoms with van der Waals surface area (Å²) < 4.78 is 0. The van der Waals surface area contributed by atoms with Crippen LogP contribution in [0.1, 0.15) is 20.3 Å². The van der Waals surface area contributed by atoms with E-state index < -0.39 is 0 Å². The summed E-state index contributed by atoms with van der Waals surface area (Å²) in [5, 5.41) is 0. The predicted octanol–water partition coefficient (Wildman–Crippen LogP) is 1.86. The van der Waals surface area contributed by atoms with Gasteiger partial charge in [-0.15, -0.1) is 0 Å². The van der Waals surface area contributed by atoms with E-state index in [-0.39, 0.29) is 21.1 Å². The Balaban J connectivity index is 0. The van der Waals surface area contributed by atoms with Gasteiger partial charge in [-0.25, -0.2) is 0 Å². The van der Waals surface area contributed by atoms with Gasteiger partial charge in [0.1, 0.15) is 0 Å². The molecule has 1 radical (unpaired) electrons. The van der Waals surface area contributed by atoms with Gasteiger partial charge >= 0.3 is 0 Å². The molecule has 0 bridgehead atoms. The first kappa shape index (κ1) is 9.85. The Labute approximate surface area is 54.6 Å². The number of hydrogen-bond acceptors (Lipinski definition) is 0. The van der Waals surface area contributed by atoms with Gasteiger partial charge in [-0.3, -0.25) is 0 Å². The van der Waals surface area contributed by atoms with E-state index in [1.54, 1.807) is 0 Å². The van der Waals surface area contributed by atoms with Gasteiger partial charge in [-0.1, -0.05) is 27.2 Å².